The van der Waals surface area contributed by atoms with Crippen LogP contribution in [0.25, 0.3) is 0 Å². The smallest absolute Gasteiger partial charge is 0.230 e. The maximum Gasteiger partial charge on any atom is 0.230 e. The van der Waals surface area contributed by atoms with Gasteiger partial charge in [0.15, 0.2) is 5.16 Å². The number of allylic oxidation sites excluding steroid dienone is 1. The van der Waals surface area contributed by atoms with E-state index in [-0.39, 0.29) is 5.91 Å². The van der Waals surface area contributed by atoms with E-state index in [1.54, 1.807) is 6.08 Å². The van der Waals surface area contributed by atoms with Crippen LogP contribution >= 0.6 is 23.4 Å². The van der Waals surface area contributed by atoms with Crippen LogP contribution in [-0.4, -0.2) is 33.0 Å². The molecule has 0 fully saturated rings. The number of aryl methyl sites for hydroxylation is 1. The van der Waals surface area contributed by atoms with E-state index in [1.807, 2.05) is 35.8 Å². The first-order valence-electron chi connectivity index (χ1n) is 7.25. The minimum Gasteiger partial charge on any atom is -0.355 e. The summed E-state index contributed by atoms with van der Waals surface area (Å²) in [7, 11) is 0. The van der Waals surface area contributed by atoms with E-state index in [2.05, 4.69) is 22.1 Å². The molecule has 2 rings (SSSR count). The summed E-state index contributed by atoms with van der Waals surface area (Å²) < 4.78 is 1.93. The zero-order valence-electron chi connectivity index (χ0n) is 13.0. The van der Waals surface area contributed by atoms with Crippen LogP contribution in [0.1, 0.15) is 11.4 Å². The molecule has 0 spiro atoms. The van der Waals surface area contributed by atoms with Gasteiger partial charge >= 0.3 is 0 Å². The summed E-state index contributed by atoms with van der Waals surface area (Å²) in [5, 5.41) is 12.5. The summed E-state index contributed by atoms with van der Waals surface area (Å²) in [5.74, 6) is 1.11. The van der Waals surface area contributed by atoms with Gasteiger partial charge < -0.3 is 9.88 Å². The highest BCUT2D eigenvalue weighted by Gasteiger charge is 2.10. The third-order valence-corrected chi connectivity index (χ3v) is 4.41. The number of carbonyl (C=O) groups is 1. The molecule has 2 aromatic rings. The molecule has 23 heavy (non-hydrogen) atoms. The van der Waals surface area contributed by atoms with Gasteiger partial charge in [-0.1, -0.05) is 41.6 Å². The second kappa shape index (κ2) is 8.74. The van der Waals surface area contributed by atoms with Crippen molar-refractivity contribution in [2.24, 2.45) is 0 Å². The summed E-state index contributed by atoms with van der Waals surface area (Å²) in [5.41, 5.74) is 1.14. The number of amides is 1. The predicted octanol–water partition coefficient (Wildman–Crippen LogP) is 2.88. The van der Waals surface area contributed by atoms with Crippen LogP contribution in [0.2, 0.25) is 5.02 Å². The Morgan fingerprint density at radius 1 is 1.39 bits per heavy atom. The molecule has 0 aliphatic carbocycles. The summed E-state index contributed by atoms with van der Waals surface area (Å²) >= 11 is 7.22. The molecule has 1 aromatic carbocycles. The maximum atomic E-state index is 11.9. The molecule has 0 atom stereocenters. The summed E-state index contributed by atoms with van der Waals surface area (Å²) in [4.78, 5) is 11.9. The number of nitrogens with one attached hydrogen (secondary N) is 1. The van der Waals surface area contributed by atoms with Crippen LogP contribution < -0.4 is 5.32 Å². The van der Waals surface area contributed by atoms with Crippen molar-refractivity contribution in [3.8, 4) is 0 Å². The van der Waals surface area contributed by atoms with Gasteiger partial charge in [0.2, 0.25) is 5.91 Å². The highest BCUT2D eigenvalue weighted by molar-refractivity contribution is 7.99. The Kier molecular flexibility index (Phi) is 6.67. The molecule has 7 heteroatoms. The number of thioether (sulfide) groups is 1. The van der Waals surface area contributed by atoms with Crippen molar-refractivity contribution >= 4 is 29.3 Å². The molecule has 0 saturated heterocycles. The average Bonchev–Trinajstić information content (AvgIpc) is 2.88. The van der Waals surface area contributed by atoms with E-state index in [4.69, 9.17) is 11.6 Å². The highest BCUT2D eigenvalue weighted by Crippen LogP contribution is 2.16. The topological polar surface area (TPSA) is 59.8 Å². The van der Waals surface area contributed by atoms with Crippen molar-refractivity contribution in [1.82, 2.24) is 20.1 Å². The molecule has 0 aliphatic heterocycles. The van der Waals surface area contributed by atoms with E-state index in [9.17, 15) is 4.79 Å². The van der Waals surface area contributed by atoms with Crippen molar-refractivity contribution in [2.75, 3.05) is 12.3 Å². The molecular formula is C16H19ClN4OS. The largest absolute Gasteiger partial charge is 0.355 e. The van der Waals surface area contributed by atoms with E-state index in [1.165, 1.54) is 11.8 Å². The third-order valence-electron chi connectivity index (χ3n) is 3.19. The van der Waals surface area contributed by atoms with Crippen molar-refractivity contribution in [3.05, 3.63) is 53.3 Å². The first-order chi connectivity index (χ1) is 11.1. The molecule has 1 N–H and O–H groups in total. The van der Waals surface area contributed by atoms with Gasteiger partial charge in [0, 0.05) is 18.1 Å². The first kappa shape index (κ1) is 17.6. The summed E-state index contributed by atoms with van der Waals surface area (Å²) in [6.45, 7) is 6.83. The normalized spacial score (nSPS) is 10.5. The van der Waals surface area contributed by atoms with Gasteiger partial charge in [0.1, 0.15) is 5.82 Å². The second-order valence-electron chi connectivity index (χ2n) is 4.94. The lowest BCUT2D eigenvalue weighted by Gasteiger charge is -2.07. The number of hydrogen-bond donors (Lipinski definition) is 1. The van der Waals surface area contributed by atoms with Crippen molar-refractivity contribution in [3.63, 3.8) is 0 Å². The van der Waals surface area contributed by atoms with Crippen molar-refractivity contribution < 1.29 is 4.79 Å². The molecule has 0 radical (unpaired) electrons. The standard InChI is InChI=1S/C16H19ClN4OS/c1-3-10-21-12(2)19-20-16(21)23-11-15(22)18-9-8-13-4-6-14(17)7-5-13/h3-7H,1,8-11H2,2H3,(H,18,22). The Balaban J connectivity index is 1.75. The first-order valence-corrected chi connectivity index (χ1v) is 8.61. The number of rotatable bonds is 8. The Morgan fingerprint density at radius 2 is 2.13 bits per heavy atom. The molecule has 0 bridgehead atoms. The molecule has 1 amide bonds. The fourth-order valence-electron chi connectivity index (χ4n) is 1.99. The van der Waals surface area contributed by atoms with Crippen molar-refractivity contribution in [1.29, 1.82) is 0 Å². The number of halogens is 1. The minimum atomic E-state index is -0.0187. The van der Waals surface area contributed by atoms with Gasteiger partial charge in [-0.2, -0.15) is 0 Å². The quantitative estimate of drug-likeness (QED) is 0.587. The molecule has 0 unspecified atom stereocenters. The number of carbonyl (C=O) groups excluding carboxylic acids is 1. The number of aromatic nitrogens is 3. The SMILES string of the molecule is C=CCn1c(C)nnc1SCC(=O)NCCc1ccc(Cl)cc1. The van der Waals surface area contributed by atoms with Crippen LogP contribution in [0.15, 0.2) is 42.1 Å². The van der Waals surface area contributed by atoms with Crippen molar-refractivity contribution in [2.45, 2.75) is 25.0 Å². The molecule has 0 aliphatic rings. The molecule has 1 heterocycles. The lowest BCUT2D eigenvalue weighted by molar-refractivity contribution is -0.118. The second-order valence-corrected chi connectivity index (χ2v) is 6.32. The van der Waals surface area contributed by atoms with Gasteiger partial charge in [0.25, 0.3) is 0 Å². The van der Waals surface area contributed by atoms with E-state index in [0.29, 0.717) is 23.9 Å². The van der Waals surface area contributed by atoms with E-state index >= 15 is 0 Å². The zero-order valence-corrected chi connectivity index (χ0v) is 14.5. The van der Waals surface area contributed by atoms with E-state index in [0.717, 1.165) is 23.0 Å². The van der Waals surface area contributed by atoms with Gasteiger partial charge in [-0.3, -0.25) is 4.79 Å². The van der Waals surface area contributed by atoms with Crippen LogP contribution in [0.5, 0.6) is 0 Å². The van der Waals surface area contributed by atoms with Gasteiger partial charge in [0.05, 0.1) is 5.75 Å². The average molecular weight is 351 g/mol. The van der Waals surface area contributed by atoms with E-state index < -0.39 is 0 Å². The fourth-order valence-corrected chi connectivity index (χ4v) is 2.94. The Hall–Kier alpha value is -1.79. The monoisotopic (exact) mass is 350 g/mol. The third kappa shape index (κ3) is 5.41. The molecular weight excluding hydrogens is 332 g/mol. The Morgan fingerprint density at radius 3 is 2.83 bits per heavy atom. The zero-order chi connectivity index (χ0) is 16.7. The van der Waals surface area contributed by atoms with Gasteiger partial charge in [-0.25, -0.2) is 0 Å². The highest BCUT2D eigenvalue weighted by atomic mass is 35.5. The molecule has 122 valence electrons. The fraction of sp³-hybridized carbons (Fsp3) is 0.312. The Bertz CT molecular complexity index is 669. The van der Waals surface area contributed by atoms with Crippen LogP contribution in [0, 0.1) is 6.92 Å². The lowest BCUT2D eigenvalue weighted by atomic mass is 10.1. The minimum absolute atomic E-state index is 0.0187. The summed E-state index contributed by atoms with van der Waals surface area (Å²) in [6, 6.07) is 7.63. The number of benzene rings is 1. The number of nitrogens with zero attached hydrogens (tertiary/aromatic N) is 3. The molecule has 5 nitrogen and oxygen atoms in total. The Labute approximate surface area is 145 Å². The van der Waals surface area contributed by atoms with Gasteiger partial charge in [-0.05, 0) is 31.0 Å². The van der Waals surface area contributed by atoms with Crippen LogP contribution in [0.3, 0.4) is 0 Å². The van der Waals surface area contributed by atoms with Crippen LogP contribution in [0.4, 0.5) is 0 Å². The van der Waals surface area contributed by atoms with Gasteiger partial charge in [-0.15, -0.1) is 16.8 Å². The van der Waals surface area contributed by atoms with Crippen LogP contribution in [-0.2, 0) is 17.8 Å². The lowest BCUT2D eigenvalue weighted by Crippen LogP contribution is -2.27. The predicted molar refractivity (Wildman–Crippen MR) is 93.8 cm³/mol. The number of hydrogen-bond acceptors (Lipinski definition) is 4. The molecule has 0 saturated carbocycles. The summed E-state index contributed by atoms with van der Waals surface area (Å²) in [6.07, 6.45) is 2.56. The maximum absolute atomic E-state index is 11.9. The molecule has 1 aromatic heterocycles.